The molecule has 1 N–H and O–H groups in total. The van der Waals surface area contributed by atoms with Crippen LogP contribution in [0.15, 0.2) is 53.0 Å². The highest BCUT2D eigenvalue weighted by Crippen LogP contribution is 2.27. The summed E-state index contributed by atoms with van der Waals surface area (Å²) in [5.41, 5.74) is 1.50. The zero-order valence-electron chi connectivity index (χ0n) is 12.8. The molecule has 0 radical (unpaired) electrons. The lowest BCUT2D eigenvalue weighted by molar-refractivity contribution is 0.102. The van der Waals surface area contributed by atoms with Gasteiger partial charge in [-0.1, -0.05) is 39.4 Å². The van der Waals surface area contributed by atoms with Crippen molar-refractivity contribution in [2.24, 2.45) is 0 Å². The molecule has 0 aliphatic rings. The molecule has 7 heteroatoms. The summed E-state index contributed by atoms with van der Waals surface area (Å²) in [6.45, 7) is 2.51. The number of halogens is 1. The van der Waals surface area contributed by atoms with Crippen molar-refractivity contribution in [3.8, 4) is 16.3 Å². The van der Waals surface area contributed by atoms with Crippen LogP contribution < -0.4 is 10.1 Å². The van der Waals surface area contributed by atoms with E-state index in [9.17, 15) is 4.79 Å². The summed E-state index contributed by atoms with van der Waals surface area (Å²) in [6, 6.07) is 14.8. The van der Waals surface area contributed by atoms with Crippen molar-refractivity contribution in [3.63, 3.8) is 0 Å². The van der Waals surface area contributed by atoms with Gasteiger partial charge in [-0.25, -0.2) is 0 Å². The first kappa shape index (κ1) is 16.6. The molecule has 2 aromatic carbocycles. The van der Waals surface area contributed by atoms with Gasteiger partial charge in [0.2, 0.25) is 5.13 Å². The van der Waals surface area contributed by atoms with Crippen molar-refractivity contribution in [2.75, 3.05) is 11.9 Å². The number of ether oxygens (including phenoxy) is 1. The van der Waals surface area contributed by atoms with Gasteiger partial charge in [0.05, 0.1) is 6.61 Å². The van der Waals surface area contributed by atoms with Crippen molar-refractivity contribution >= 4 is 38.3 Å². The van der Waals surface area contributed by atoms with Crippen LogP contribution in [-0.4, -0.2) is 22.7 Å². The van der Waals surface area contributed by atoms with Crippen LogP contribution in [0.1, 0.15) is 17.3 Å². The van der Waals surface area contributed by atoms with E-state index < -0.39 is 0 Å². The van der Waals surface area contributed by atoms with Crippen molar-refractivity contribution in [1.29, 1.82) is 0 Å². The van der Waals surface area contributed by atoms with E-state index in [1.807, 2.05) is 31.2 Å². The summed E-state index contributed by atoms with van der Waals surface area (Å²) >= 11 is 4.73. The molecule has 0 bridgehead atoms. The maximum absolute atomic E-state index is 12.3. The summed E-state index contributed by atoms with van der Waals surface area (Å²) in [6.07, 6.45) is 0. The normalized spacial score (nSPS) is 10.4. The third kappa shape index (κ3) is 3.98. The van der Waals surface area contributed by atoms with Gasteiger partial charge < -0.3 is 4.74 Å². The molecule has 1 heterocycles. The third-order valence-corrected chi connectivity index (χ3v) is 4.58. The molecular formula is C17H14BrN3O2S. The predicted octanol–water partition coefficient (Wildman–Crippen LogP) is 4.62. The van der Waals surface area contributed by atoms with Crippen LogP contribution in [0.5, 0.6) is 5.75 Å². The van der Waals surface area contributed by atoms with Gasteiger partial charge in [0.25, 0.3) is 5.91 Å². The number of hydrogen-bond acceptors (Lipinski definition) is 5. The molecular weight excluding hydrogens is 390 g/mol. The van der Waals surface area contributed by atoms with Gasteiger partial charge >= 0.3 is 0 Å². The molecule has 0 saturated carbocycles. The maximum Gasteiger partial charge on any atom is 0.257 e. The Kier molecular flexibility index (Phi) is 5.22. The van der Waals surface area contributed by atoms with Gasteiger partial charge in [-0.2, -0.15) is 0 Å². The van der Waals surface area contributed by atoms with E-state index in [4.69, 9.17) is 4.74 Å². The molecule has 0 atom stereocenters. The number of nitrogens with one attached hydrogen (secondary N) is 1. The smallest absolute Gasteiger partial charge is 0.257 e. The average molecular weight is 404 g/mol. The quantitative estimate of drug-likeness (QED) is 0.674. The number of carbonyl (C=O) groups is 1. The van der Waals surface area contributed by atoms with Crippen LogP contribution in [0.2, 0.25) is 0 Å². The lowest BCUT2D eigenvalue weighted by Crippen LogP contribution is -2.11. The summed E-state index contributed by atoms with van der Waals surface area (Å²) in [5.74, 6) is 0.513. The molecule has 0 fully saturated rings. The number of amides is 1. The van der Waals surface area contributed by atoms with Gasteiger partial charge in [-0.05, 0) is 43.3 Å². The molecule has 0 spiro atoms. The van der Waals surface area contributed by atoms with E-state index in [0.717, 1.165) is 20.8 Å². The van der Waals surface area contributed by atoms with E-state index in [-0.39, 0.29) is 5.91 Å². The molecule has 3 aromatic rings. The first-order valence-electron chi connectivity index (χ1n) is 7.29. The molecule has 0 saturated heterocycles. The number of hydrogen-bond donors (Lipinski definition) is 1. The van der Waals surface area contributed by atoms with Crippen molar-refractivity contribution < 1.29 is 9.53 Å². The van der Waals surface area contributed by atoms with Gasteiger partial charge in [0.15, 0.2) is 0 Å². The highest BCUT2D eigenvalue weighted by atomic mass is 79.9. The second-order valence-corrected chi connectivity index (χ2v) is 6.72. The molecule has 0 aliphatic heterocycles. The number of anilines is 1. The Morgan fingerprint density at radius 3 is 2.50 bits per heavy atom. The minimum absolute atomic E-state index is 0.225. The minimum Gasteiger partial charge on any atom is -0.494 e. The van der Waals surface area contributed by atoms with Gasteiger partial charge in [-0.3, -0.25) is 10.1 Å². The Balaban J connectivity index is 1.69. The van der Waals surface area contributed by atoms with E-state index in [0.29, 0.717) is 17.3 Å². The fourth-order valence-corrected chi connectivity index (χ4v) is 3.03. The fourth-order valence-electron chi connectivity index (χ4n) is 2.02. The van der Waals surface area contributed by atoms with Crippen LogP contribution in [-0.2, 0) is 0 Å². The second kappa shape index (κ2) is 7.55. The molecule has 24 heavy (non-hydrogen) atoms. The molecule has 0 unspecified atom stereocenters. The van der Waals surface area contributed by atoms with Crippen LogP contribution >= 0.6 is 27.3 Å². The number of aromatic nitrogens is 2. The average Bonchev–Trinajstić information content (AvgIpc) is 3.05. The SMILES string of the molecule is CCOc1ccc(C(=O)Nc2nnc(-c3ccc(Br)cc3)s2)cc1. The first-order chi connectivity index (χ1) is 11.7. The zero-order valence-corrected chi connectivity index (χ0v) is 15.2. The van der Waals surface area contributed by atoms with E-state index >= 15 is 0 Å². The standard InChI is InChI=1S/C17H14BrN3O2S/c1-2-23-14-9-5-11(6-10-14)15(22)19-17-21-20-16(24-17)12-3-7-13(18)8-4-12/h3-10H,2H2,1H3,(H,19,21,22). The van der Waals surface area contributed by atoms with E-state index in [2.05, 4.69) is 31.4 Å². The Morgan fingerprint density at radius 2 is 1.83 bits per heavy atom. The third-order valence-electron chi connectivity index (χ3n) is 3.16. The van der Waals surface area contributed by atoms with E-state index in [1.54, 1.807) is 24.3 Å². The highest BCUT2D eigenvalue weighted by molar-refractivity contribution is 9.10. The summed E-state index contributed by atoms with van der Waals surface area (Å²) in [4.78, 5) is 12.3. The number of nitrogens with zero attached hydrogens (tertiary/aromatic N) is 2. The van der Waals surface area contributed by atoms with Crippen molar-refractivity contribution in [2.45, 2.75) is 6.92 Å². The van der Waals surface area contributed by atoms with Crippen LogP contribution in [0.4, 0.5) is 5.13 Å². The Labute approximate surface area is 151 Å². The first-order valence-corrected chi connectivity index (χ1v) is 8.90. The monoisotopic (exact) mass is 403 g/mol. The van der Waals surface area contributed by atoms with Crippen molar-refractivity contribution in [3.05, 3.63) is 58.6 Å². The van der Waals surface area contributed by atoms with Gasteiger partial charge in [-0.15, -0.1) is 10.2 Å². The van der Waals surface area contributed by atoms with Gasteiger partial charge in [0, 0.05) is 15.6 Å². The number of rotatable bonds is 5. The minimum atomic E-state index is -0.225. The van der Waals surface area contributed by atoms with Crippen molar-refractivity contribution in [1.82, 2.24) is 10.2 Å². The molecule has 122 valence electrons. The Morgan fingerprint density at radius 1 is 1.12 bits per heavy atom. The zero-order chi connectivity index (χ0) is 16.9. The summed E-state index contributed by atoms with van der Waals surface area (Å²) in [5, 5.41) is 12.1. The number of benzene rings is 2. The maximum atomic E-state index is 12.3. The lowest BCUT2D eigenvalue weighted by atomic mass is 10.2. The Bertz CT molecular complexity index is 832. The summed E-state index contributed by atoms with van der Waals surface area (Å²) < 4.78 is 6.36. The van der Waals surface area contributed by atoms with Gasteiger partial charge in [0.1, 0.15) is 10.8 Å². The second-order valence-electron chi connectivity index (χ2n) is 4.83. The Hall–Kier alpha value is -2.25. The summed E-state index contributed by atoms with van der Waals surface area (Å²) in [7, 11) is 0. The largest absolute Gasteiger partial charge is 0.494 e. The lowest BCUT2D eigenvalue weighted by Gasteiger charge is -2.04. The van der Waals surface area contributed by atoms with Crippen LogP contribution in [0.3, 0.4) is 0 Å². The van der Waals surface area contributed by atoms with Crippen LogP contribution in [0.25, 0.3) is 10.6 Å². The molecule has 0 aliphatic carbocycles. The fraction of sp³-hybridized carbons (Fsp3) is 0.118. The van der Waals surface area contributed by atoms with E-state index in [1.165, 1.54) is 11.3 Å². The topological polar surface area (TPSA) is 64.1 Å². The highest BCUT2D eigenvalue weighted by Gasteiger charge is 2.11. The molecule has 1 amide bonds. The number of carbonyl (C=O) groups excluding carboxylic acids is 1. The molecule has 1 aromatic heterocycles. The molecule has 3 rings (SSSR count). The molecule has 5 nitrogen and oxygen atoms in total. The predicted molar refractivity (Wildman–Crippen MR) is 98.6 cm³/mol. The van der Waals surface area contributed by atoms with Crippen LogP contribution in [0, 0.1) is 0 Å².